The standard InChI is InChI=1S/C24H26N2O2/c1-17-7-11-19(12-8-17)25-15-16-26(20-13-9-18(2)10-14-20)24(25)21-5-4-6-22(28-3)23(21)27/h4-14,24,27H,15-16H2,1-3H3. The Morgan fingerprint density at radius 3 is 1.75 bits per heavy atom. The largest absolute Gasteiger partial charge is 0.504 e. The molecule has 3 aromatic carbocycles. The van der Waals surface area contributed by atoms with Gasteiger partial charge < -0.3 is 19.6 Å². The fourth-order valence-corrected chi connectivity index (χ4v) is 3.89. The van der Waals surface area contributed by atoms with Gasteiger partial charge in [0.25, 0.3) is 0 Å². The minimum Gasteiger partial charge on any atom is -0.504 e. The maximum atomic E-state index is 10.9. The smallest absolute Gasteiger partial charge is 0.164 e. The zero-order chi connectivity index (χ0) is 19.7. The van der Waals surface area contributed by atoms with E-state index in [-0.39, 0.29) is 11.9 Å². The molecule has 1 heterocycles. The third-order valence-electron chi connectivity index (χ3n) is 5.43. The summed E-state index contributed by atoms with van der Waals surface area (Å²) >= 11 is 0. The molecule has 0 bridgehead atoms. The Hall–Kier alpha value is -3.14. The maximum Gasteiger partial charge on any atom is 0.164 e. The molecule has 3 aromatic rings. The zero-order valence-electron chi connectivity index (χ0n) is 16.6. The van der Waals surface area contributed by atoms with Gasteiger partial charge in [-0.3, -0.25) is 0 Å². The lowest BCUT2D eigenvalue weighted by Crippen LogP contribution is -2.31. The molecule has 0 unspecified atom stereocenters. The SMILES string of the molecule is COc1cccc(C2N(c3ccc(C)cc3)CCN2c2ccc(C)cc2)c1O. The molecule has 4 heteroatoms. The van der Waals surface area contributed by atoms with Crippen LogP contribution in [0.2, 0.25) is 0 Å². The van der Waals surface area contributed by atoms with Crippen LogP contribution in [0.25, 0.3) is 0 Å². The highest BCUT2D eigenvalue weighted by Crippen LogP contribution is 2.43. The van der Waals surface area contributed by atoms with Crippen molar-refractivity contribution in [2.45, 2.75) is 20.0 Å². The molecular formula is C24H26N2O2. The molecule has 0 aliphatic carbocycles. The first kappa shape index (κ1) is 18.2. The van der Waals surface area contributed by atoms with E-state index in [1.165, 1.54) is 11.1 Å². The molecule has 1 N–H and O–H groups in total. The summed E-state index contributed by atoms with van der Waals surface area (Å²) in [4.78, 5) is 4.68. The highest BCUT2D eigenvalue weighted by atomic mass is 16.5. The van der Waals surface area contributed by atoms with Crippen LogP contribution in [0.4, 0.5) is 11.4 Å². The fraction of sp³-hybridized carbons (Fsp3) is 0.250. The van der Waals surface area contributed by atoms with Crippen molar-refractivity contribution in [2.24, 2.45) is 0 Å². The number of aryl methyl sites for hydroxylation is 2. The van der Waals surface area contributed by atoms with Crippen LogP contribution in [-0.4, -0.2) is 25.3 Å². The summed E-state index contributed by atoms with van der Waals surface area (Å²) in [5.74, 6) is 0.697. The Labute approximate surface area is 166 Å². The van der Waals surface area contributed by atoms with E-state index in [0.717, 1.165) is 30.0 Å². The van der Waals surface area contributed by atoms with Crippen molar-refractivity contribution < 1.29 is 9.84 Å². The van der Waals surface area contributed by atoms with E-state index in [2.05, 4.69) is 72.2 Å². The molecule has 0 radical (unpaired) electrons. The predicted octanol–water partition coefficient (Wildman–Crippen LogP) is 5.04. The Morgan fingerprint density at radius 2 is 1.29 bits per heavy atom. The molecule has 0 aromatic heterocycles. The molecule has 0 amide bonds. The van der Waals surface area contributed by atoms with E-state index in [1.54, 1.807) is 13.2 Å². The number of methoxy groups -OCH3 is 1. The molecular weight excluding hydrogens is 348 g/mol. The molecule has 0 saturated carbocycles. The molecule has 0 spiro atoms. The predicted molar refractivity (Wildman–Crippen MR) is 114 cm³/mol. The minimum absolute atomic E-state index is 0.111. The lowest BCUT2D eigenvalue weighted by atomic mass is 10.1. The molecule has 144 valence electrons. The van der Waals surface area contributed by atoms with Crippen LogP contribution in [-0.2, 0) is 0 Å². The molecule has 1 saturated heterocycles. The Bertz CT molecular complexity index is 898. The van der Waals surface area contributed by atoms with Crippen molar-refractivity contribution in [1.29, 1.82) is 0 Å². The molecule has 28 heavy (non-hydrogen) atoms. The second kappa shape index (κ2) is 7.47. The third-order valence-corrected chi connectivity index (χ3v) is 5.43. The van der Waals surface area contributed by atoms with Crippen molar-refractivity contribution in [1.82, 2.24) is 0 Å². The number of rotatable bonds is 4. The number of nitrogens with zero attached hydrogens (tertiary/aromatic N) is 2. The van der Waals surface area contributed by atoms with Crippen LogP contribution in [0.1, 0.15) is 22.9 Å². The summed E-state index contributed by atoms with van der Waals surface area (Å²) < 4.78 is 5.37. The molecule has 1 aliphatic rings. The van der Waals surface area contributed by atoms with E-state index in [4.69, 9.17) is 4.74 Å². The third kappa shape index (κ3) is 3.26. The Balaban J connectivity index is 1.81. The molecule has 0 atom stereocenters. The number of aromatic hydroxyl groups is 1. The van der Waals surface area contributed by atoms with E-state index in [9.17, 15) is 5.11 Å². The zero-order valence-corrected chi connectivity index (χ0v) is 16.6. The number of hydrogen-bond donors (Lipinski definition) is 1. The van der Waals surface area contributed by atoms with E-state index in [1.807, 2.05) is 12.1 Å². The fourth-order valence-electron chi connectivity index (χ4n) is 3.89. The van der Waals surface area contributed by atoms with Gasteiger partial charge in [0, 0.05) is 30.0 Å². The van der Waals surface area contributed by atoms with Gasteiger partial charge in [-0.1, -0.05) is 47.5 Å². The maximum absolute atomic E-state index is 10.9. The highest BCUT2D eigenvalue weighted by Gasteiger charge is 2.35. The van der Waals surface area contributed by atoms with Crippen LogP contribution in [0.5, 0.6) is 11.5 Å². The average Bonchev–Trinajstić information content (AvgIpc) is 3.14. The quantitative estimate of drug-likeness (QED) is 0.694. The number of phenolic OH excluding ortho intramolecular Hbond substituents is 1. The van der Waals surface area contributed by atoms with Gasteiger partial charge in [0.2, 0.25) is 0 Å². The molecule has 4 nitrogen and oxygen atoms in total. The summed E-state index contributed by atoms with van der Waals surface area (Å²) in [7, 11) is 1.59. The Morgan fingerprint density at radius 1 is 0.786 bits per heavy atom. The van der Waals surface area contributed by atoms with Gasteiger partial charge in [-0.2, -0.15) is 0 Å². The van der Waals surface area contributed by atoms with Crippen molar-refractivity contribution in [2.75, 3.05) is 30.0 Å². The molecule has 4 rings (SSSR count). The van der Waals surface area contributed by atoms with Gasteiger partial charge in [0.05, 0.1) is 7.11 Å². The first-order valence-electron chi connectivity index (χ1n) is 9.61. The number of anilines is 2. The summed E-state index contributed by atoms with van der Waals surface area (Å²) in [5, 5.41) is 10.9. The van der Waals surface area contributed by atoms with E-state index >= 15 is 0 Å². The summed E-state index contributed by atoms with van der Waals surface area (Å²) in [5.41, 5.74) is 5.61. The second-order valence-corrected chi connectivity index (χ2v) is 7.33. The topological polar surface area (TPSA) is 35.9 Å². The Kier molecular flexibility index (Phi) is 4.86. The summed E-state index contributed by atoms with van der Waals surface area (Å²) in [6.45, 7) is 5.94. The van der Waals surface area contributed by atoms with Crippen LogP contribution in [0.3, 0.4) is 0 Å². The molecule has 1 fully saturated rings. The van der Waals surface area contributed by atoms with Crippen LogP contribution >= 0.6 is 0 Å². The number of para-hydroxylation sites is 1. The van der Waals surface area contributed by atoms with Crippen molar-refractivity contribution in [3.63, 3.8) is 0 Å². The van der Waals surface area contributed by atoms with Gasteiger partial charge in [-0.05, 0) is 44.2 Å². The monoisotopic (exact) mass is 374 g/mol. The number of ether oxygens (including phenoxy) is 1. The first-order chi connectivity index (χ1) is 13.6. The average molecular weight is 374 g/mol. The minimum atomic E-state index is -0.111. The summed E-state index contributed by atoms with van der Waals surface area (Å²) in [6, 6.07) is 22.8. The van der Waals surface area contributed by atoms with E-state index in [0.29, 0.717) is 5.75 Å². The lowest BCUT2D eigenvalue weighted by molar-refractivity contribution is 0.368. The van der Waals surface area contributed by atoms with Crippen molar-refractivity contribution in [3.8, 4) is 11.5 Å². The van der Waals surface area contributed by atoms with Gasteiger partial charge in [0.1, 0.15) is 6.17 Å². The number of phenols is 1. The van der Waals surface area contributed by atoms with Crippen molar-refractivity contribution >= 4 is 11.4 Å². The highest BCUT2D eigenvalue weighted by molar-refractivity contribution is 5.62. The first-order valence-corrected chi connectivity index (χ1v) is 9.61. The molecule has 1 aliphatic heterocycles. The number of benzene rings is 3. The van der Waals surface area contributed by atoms with Crippen LogP contribution in [0, 0.1) is 13.8 Å². The van der Waals surface area contributed by atoms with Crippen molar-refractivity contribution in [3.05, 3.63) is 83.4 Å². The van der Waals surface area contributed by atoms with Gasteiger partial charge in [-0.25, -0.2) is 0 Å². The van der Waals surface area contributed by atoms with Gasteiger partial charge in [0.15, 0.2) is 11.5 Å². The normalized spacial score (nSPS) is 14.5. The second-order valence-electron chi connectivity index (χ2n) is 7.33. The summed E-state index contributed by atoms with van der Waals surface area (Å²) in [6.07, 6.45) is -0.111. The lowest BCUT2D eigenvalue weighted by Gasteiger charge is -2.34. The van der Waals surface area contributed by atoms with Gasteiger partial charge in [-0.15, -0.1) is 0 Å². The van der Waals surface area contributed by atoms with E-state index < -0.39 is 0 Å². The number of hydrogen-bond acceptors (Lipinski definition) is 4. The van der Waals surface area contributed by atoms with Crippen LogP contribution in [0.15, 0.2) is 66.7 Å². The van der Waals surface area contributed by atoms with Crippen LogP contribution < -0.4 is 14.5 Å². The van der Waals surface area contributed by atoms with Gasteiger partial charge >= 0.3 is 0 Å².